The van der Waals surface area contributed by atoms with E-state index in [0.29, 0.717) is 4.88 Å². The third kappa shape index (κ3) is 2.76. The van der Waals surface area contributed by atoms with Crippen LogP contribution in [0.5, 0.6) is 0 Å². The lowest BCUT2D eigenvalue weighted by Gasteiger charge is -2.13. The van der Waals surface area contributed by atoms with Gasteiger partial charge in [-0.25, -0.2) is 4.98 Å². The minimum Gasteiger partial charge on any atom is -0.345 e. The van der Waals surface area contributed by atoms with Gasteiger partial charge in [0.25, 0.3) is 5.91 Å². The molecule has 1 atom stereocenters. The molecule has 0 fully saturated rings. The van der Waals surface area contributed by atoms with E-state index < -0.39 is 0 Å². The summed E-state index contributed by atoms with van der Waals surface area (Å²) >= 11 is 1.44. The van der Waals surface area contributed by atoms with Gasteiger partial charge in [0.1, 0.15) is 4.88 Å². The Balaban J connectivity index is 2.10. The molecule has 0 aliphatic carbocycles. The Bertz CT molecular complexity index is 548. The first kappa shape index (κ1) is 12.8. The van der Waals surface area contributed by atoms with Gasteiger partial charge in [-0.3, -0.25) is 4.79 Å². The molecule has 0 saturated carbocycles. The highest BCUT2D eigenvalue weighted by atomic mass is 32.1. The van der Waals surface area contributed by atoms with Crippen LogP contribution in [0.4, 0.5) is 0 Å². The second kappa shape index (κ2) is 5.31. The maximum atomic E-state index is 12.1. The fourth-order valence-corrected chi connectivity index (χ4v) is 2.65. The molecule has 2 aromatic rings. The van der Waals surface area contributed by atoms with Gasteiger partial charge < -0.3 is 5.32 Å². The van der Waals surface area contributed by atoms with Crippen LogP contribution in [0.25, 0.3) is 0 Å². The molecular formula is C14H16N2OS. The van der Waals surface area contributed by atoms with Gasteiger partial charge in [0.05, 0.1) is 16.7 Å². The number of nitrogens with one attached hydrogen (secondary N) is 1. The van der Waals surface area contributed by atoms with Gasteiger partial charge in [0.2, 0.25) is 0 Å². The maximum absolute atomic E-state index is 12.1. The van der Waals surface area contributed by atoms with Crippen molar-refractivity contribution in [2.24, 2.45) is 0 Å². The molecule has 1 heterocycles. The Kier molecular flexibility index (Phi) is 3.77. The van der Waals surface area contributed by atoms with Crippen LogP contribution in [0, 0.1) is 13.8 Å². The third-order valence-corrected chi connectivity index (χ3v) is 3.83. The molecule has 0 spiro atoms. The van der Waals surface area contributed by atoms with Crippen LogP contribution in [0.3, 0.4) is 0 Å². The first-order chi connectivity index (χ1) is 8.58. The van der Waals surface area contributed by atoms with E-state index >= 15 is 0 Å². The Morgan fingerprint density at radius 1 is 1.28 bits per heavy atom. The highest BCUT2D eigenvalue weighted by Gasteiger charge is 2.16. The first-order valence-corrected chi connectivity index (χ1v) is 6.69. The number of amides is 1. The third-order valence-electron chi connectivity index (χ3n) is 2.76. The SMILES string of the molecule is Cc1nc(C)c(C(=O)N[C@H](C)c2ccccc2)s1. The van der Waals surface area contributed by atoms with Gasteiger partial charge >= 0.3 is 0 Å². The molecule has 4 heteroatoms. The number of rotatable bonds is 3. The van der Waals surface area contributed by atoms with Crippen molar-refractivity contribution in [1.82, 2.24) is 10.3 Å². The largest absolute Gasteiger partial charge is 0.345 e. The van der Waals surface area contributed by atoms with E-state index in [1.165, 1.54) is 11.3 Å². The number of aromatic nitrogens is 1. The zero-order valence-electron chi connectivity index (χ0n) is 10.7. The zero-order valence-corrected chi connectivity index (χ0v) is 11.5. The fourth-order valence-electron chi connectivity index (χ4n) is 1.83. The number of benzene rings is 1. The quantitative estimate of drug-likeness (QED) is 0.920. The summed E-state index contributed by atoms with van der Waals surface area (Å²) < 4.78 is 0. The summed E-state index contributed by atoms with van der Waals surface area (Å²) in [6.07, 6.45) is 0. The minimum absolute atomic E-state index is 0.000469. The van der Waals surface area contributed by atoms with Crippen LogP contribution in [0.15, 0.2) is 30.3 Å². The fraction of sp³-hybridized carbons (Fsp3) is 0.286. The van der Waals surface area contributed by atoms with Crippen LogP contribution in [-0.2, 0) is 0 Å². The molecule has 0 bridgehead atoms. The number of thiazole rings is 1. The average molecular weight is 260 g/mol. The number of hydrogen-bond acceptors (Lipinski definition) is 3. The van der Waals surface area contributed by atoms with E-state index in [4.69, 9.17) is 0 Å². The van der Waals surface area contributed by atoms with Crippen molar-refractivity contribution in [3.63, 3.8) is 0 Å². The average Bonchev–Trinajstić information content (AvgIpc) is 2.69. The molecule has 3 nitrogen and oxygen atoms in total. The number of carbonyl (C=O) groups is 1. The highest BCUT2D eigenvalue weighted by molar-refractivity contribution is 7.13. The van der Waals surface area contributed by atoms with Crippen molar-refractivity contribution in [3.05, 3.63) is 51.5 Å². The van der Waals surface area contributed by atoms with Gasteiger partial charge in [0, 0.05) is 0 Å². The second-order valence-electron chi connectivity index (χ2n) is 4.25. The van der Waals surface area contributed by atoms with Crippen molar-refractivity contribution in [2.75, 3.05) is 0 Å². The van der Waals surface area contributed by atoms with Crippen LogP contribution in [-0.4, -0.2) is 10.9 Å². The van der Waals surface area contributed by atoms with Gasteiger partial charge in [-0.15, -0.1) is 11.3 Å². The second-order valence-corrected chi connectivity index (χ2v) is 5.46. The van der Waals surface area contributed by atoms with Crippen LogP contribution < -0.4 is 5.32 Å². The minimum atomic E-state index is -0.0468. The summed E-state index contributed by atoms with van der Waals surface area (Å²) in [5.74, 6) is -0.0468. The Morgan fingerprint density at radius 2 is 1.94 bits per heavy atom. The number of aryl methyl sites for hydroxylation is 2. The smallest absolute Gasteiger partial charge is 0.263 e. The summed E-state index contributed by atoms with van der Waals surface area (Å²) in [5, 5.41) is 3.92. The summed E-state index contributed by atoms with van der Waals surface area (Å²) in [5.41, 5.74) is 1.90. The van der Waals surface area contributed by atoms with E-state index in [9.17, 15) is 4.79 Å². The van der Waals surface area contributed by atoms with E-state index in [1.807, 2.05) is 51.1 Å². The molecule has 2 rings (SSSR count). The molecular weight excluding hydrogens is 244 g/mol. The lowest BCUT2D eigenvalue weighted by atomic mass is 10.1. The van der Waals surface area contributed by atoms with Gasteiger partial charge in [-0.2, -0.15) is 0 Å². The molecule has 0 saturated heterocycles. The highest BCUT2D eigenvalue weighted by Crippen LogP contribution is 2.19. The van der Waals surface area contributed by atoms with Crippen molar-refractivity contribution in [2.45, 2.75) is 26.8 Å². The molecule has 1 aromatic carbocycles. The van der Waals surface area contributed by atoms with Crippen molar-refractivity contribution >= 4 is 17.2 Å². The Morgan fingerprint density at radius 3 is 2.50 bits per heavy atom. The van der Waals surface area contributed by atoms with E-state index in [2.05, 4.69) is 10.3 Å². The molecule has 0 radical (unpaired) electrons. The van der Waals surface area contributed by atoms with E-state index in [1.54, 1.807) is 0 Å². The summed E-state index contributed by atoms with van der Waals surface area (Å²) in [7, 11) is 0. The monoisotopic (exact) mass is 260 g/mol. The molecule has 0 unspecified atom stereocenters. The van der Waals surface area contributed by atoms with E-state index in [-0.39, 0.29) is 11.9 Å². The number of nitrogens with zero attached hydrogens (tertiary/aromatic N) is 1. The number of hydrogen-bond donors (Lipinski definition) is 1. The molecule has 1 N–H and O–H groups in total. The molecule has 18 heavy (non-hydrogen) atoms. The van der Waals surface area contributed by atoms with Crippen molar-refractivity contribution < 1.29 is 4.79 Å². The number of carbonyl (C=O) groups excluding carboxylic acids is 1. The molecule has 1 amide bonds. The molecule has 1 aromatic heterocycles. The predicted molar refractivity (Wildman–Crippen MR) is 73.9 cm³/mol. The Hall–Kier alpha value is -1.68. The van der Waals surface area contributed by atoms with Crippen molar-refractivity contribution in [3.8, 4) is 0 Å². The summed E-state index contributed by atoms with van der Waals surface area (Å²) in [6.45, 7) is 5.76. The molecule has 94 valence electrons. The molecule has 0 aliphatic heterocycles. The zero-order chi connectivity index (χ0) is 13.1. The van der Waals surface area contributed by atoms with Gasteiger partial charge in [-0.1, -0.05) is 30.3 Å². The first-order valence-electron chi connectivity index (χ1n) is 5.87. The lowest BCUT2D eigenvalue weighted by molar-refractivity contribution is 0.0943. The van der Waals surface area contributed by atoms with E-state index in [0.717, 1.165) is 16.3 Å². The predicted octanol–water partition coefficient (Wildman–Crippen LogP) is 3.25. The topological polar surface area (TPSA) is 42.0 Å². The van der Waals surface area contributed by atoms with Crippen LogP contribution in [0.2, 0.25) is 0 Å². The Labute approximate surface area is 111 Å². The van der Waals surface area contributed by atoms with Crippen molar-refractivity contribution in [1.29, 1.82) is 0 Å². The standard InChI is InChI=1S/C14H16N2OS/c1-9(12-7-5-4-6-8-12)16-14(17)13-10(2)15-11(3)18-13/h4-9H,1-3H3,(H,16,17)/t9-/m1/s1. The molecule has 0 aliphatic rings. The van der Waals surface area contributed by atoms with Gasteiger partial charge in [0.15, 0.2) is 0 Å². The lowest BCUT2D eigenvalue weighted by Crippen LogP contribution is -2.26. The normalized spacial score (nSPS) is 12.2. The summed E-state index contributed by atoms with van der Waals surface area (Å²) in [4.78, 5) is 17.1. The van der Waals surface area contributed by atoms with Crippen LogP contribution >= 0.6 is 11.3 Å². The van der Waals surface area contributed by atoms with Gasteiger partial charge in [-0.05, 0) is 26.3 Å². The summed E-state index contributed by atoms with van der Waals surface area (Å²) in [6, 6.07) is 9.93. The maximum Gasteiger partial charge on any atom is 0.263 e. The van der Waals surface area contributed by atoms with Crippen LogP contribution in [0.1, 0.15) is 38.9 Å².